The molecule has 2 saturated heterocycles. The number of halogens is 6. The Morgan fingerprint density at radius 3 is 2.23 bits per heavy atom. The molecule has 0 bridgehead atoms. The van der Waals surface area contributed by atoms with Crippen LogP contribution in [0.5, 0.6) is 11.5 Å². The molecule has 16 heteroatoms. The van der Waals surface area contributed by atoms with Crippen molar-refractivity contribution in [1.82, 2.24) is 9.88 Å². The quantitative estimate of drug-likeness (QED) is 0.450. The number of ether oxygens (including phenoxy) is 3. The Kier molecular flexibility index (Phi) is 10.0. The van der Waals surface area contributed by atoms with Crippen molar-refractivity contribution in [2.75, 3.05) is 38.4 Å². The molecule has 40 heavy (non-hydrogen) atoms. The number of nitrogens with one attached hydrogen (secondary N) is 1. The van der Waals surface area contributed by atoms with Crippen LogP contribution in [-0.4, -0.2) is 83.5 Å². The topological polar surface area (TPSA) is 130 Å². The molecule has 5 rings (SSSR count). The molecule has 220 valence electrons. The van der Waals surface area contributed by atoms with Gasteiger partial charge in [0.2, 0.25) is 6.79 Å². The zero-order valence-corrected chi connectivity index (χ0v) is 20.6. The van der Waals surface area contributed by atoms with Crippen LogP contribution in [0.1, 0.15) is 5.56 Å². The lowest BCUT2D eigenvalue weighted by atomic mass is 9.93. The lowest BCUT2D eigenvalue weighted by Crippen LogP contribution is -2.27. The number of benzene rings is 1. The maximum atomic E-state index is 10.6. The SMILES string of the molecule is O=C(O)C(F)(F)F.O=C(O)C(F)(F)F.c1ccc(NC[C@H]2CO[C@@H]3CN(Cc4ccc5c(c4)OCO5)C[C@H]23)nc1. The number of aromatic nitrogens is 1. The Hall–Kier alpha value is -3.79. The Bertz CT molecular complexity index is 1130. The normalized spacial score (nSPS) is 21.4. The van der Waals surface area contributed by atoms with Gasteiger partial charge in [-0.3, -0.25) is 4.90 Å². The van der Waals surface area contributed by atoms with Crippen LogP contribution in [0.25, 0.3) is 0 Å². The van der Waals surface area contributed by atoms with Gasteiger partial charge >= 0.3 is 24.3 Å². The lowest BCUT2D eigenvalue weighted by Gasteiger charge is -2.20. The molecule has 4 heterocycles. The van der Waals surface area contributed by atoms with Crippen molar-refractivity contribution in [2.24, 2.45) is 11.8 Å². The van der Waals surface area contributed by atoms with Gasteiger partial charge in [-0.25, -0.2) is 14.6 Å². The minimum Gasteiger partial charge on any atom is -0.475 e. The first kappa shape index (κ1) is 30.7. The number of carbonyl (C=O) groups is 2. The third-order valence-corrected chi connectivity index (χ3v) is 6.05. The number of aliphatic carboxylic acids is 2. The predicted octanol–water partition coefficient (Wildman–Crippen LogP) is 3.64. The minimum atomic E-state index is -5.08. The summed E-state index contributed by atoms with van der Waals surface area (Å²) in [5.41, 5.74) is 1.26. The molecule has 0 radical (unpaired) electrons. The molecular formula is C24H25F6N3O7. The molecule has 3 N–H and O–H groups in total. The second-order valence-corrected chi connectivity index (χ2v) is 8.88. The Morgan fingerprint density at radius 1 is 0.975 bits per heavy atom. The van der Waals surface area contributed by atoms with Gasteiger partial charge in [0.15, 0.2) is 11.5 Å². The van der Waals surface area contributed by atoms with E-state index < -0.39 is 24.3 Å². The van der Waals surface area contributed by atoms with Crippen LogP contribution >= 0.6 is 0 Å². The van der Waals surface area contributed by atoms with Crippen molar-refractivity contribution in [1.29, 1.82) is 0 Å². The van der Waals surface area contributed by atoms with E-state index in [1.807, 2.05) is 30.5 Å². The highest BCUT2D eigenvalue weighted by Gasteiger charge is 2.43. The molecular weight excluding hydrogens is 556 g/mol. The van der Waals surface area contributed by atoms with Crippen molar-refractivity contribution in [3.63, 3.8) is 0 Å². The fraction of sp³-hybridized carbons (Fsp3) is 0.458. The Morgan fingerprint density at radius 2 is 1.62 bits per heavy atom. The van der Waals surface area contributed by atoms with Crippen LogP contribution < -0.4 is 14.8 Å². The molecule has 10 nitrogen and oxygen atoms in total. The summed E-state index contributed by atoms with van der Waals surface area (Å²) < 4.78 is 80.4. The van der Waals surface area contributed by atoms with Crippen molar-refractivity contribution in [3.05, 3.63) is 48.2 Å². The van der Waals surface area contributed by atoms with Gasteiger partial charge in [-0.05, 0) is 29.8 Å². The highest BCUT2D eigenvalue weighted by Crippen LogP contribution is 2.36. The number of carboxylic acids is 2. The number of pyridine rings is 1. The van der Waals surface area contributed by atoms with Crippen molar-refractivity contribution >= 4 is 17.8 Å². The van der Waals surface area contributed by atoms with Crippen LogP contribution in [0.3, 0.4) is 0 Å². The third kappa shape index (κ3) is 8.87. The standard InChI is InChI=1S/C20H23N3O3.2C2HF3O2/c1-2-6-21-20(3-1)22-8-15-12-24-19-11-23(10-16(15)19)9-14-4-5-17-18(7-14)26-13-25-17;2*3-2(4,5)1(6)7/h1-7,15-16,19H,8-13H2,(H,21,22);2*(H,6,7)/t15-,16+,19+;;/m0../s1. The van der Waals surface area contributed by atoms with E-state index in [2.05, 4.69) is 27.3 Å². The smallest absolute Gasteiger partial charge is 0.475 e. The molecule has 0 saturated carbocycles. The van der Waals surface area contributed by atoms with E-state index in [0.29, 0.717) is 24.7 Å². The first-order chi connectivity index (χ1) is 18.7. The lowest BCUT2D eigenvalue weighted by molar-refractivity contribution is -0.193. The summed E-state index contributed by atoms with van der Waals surface area (Å²) in [5, 5.41) is 17.7. The zero-order chi connectivity index (χ0) is 29.5. The van der Waals surface area contributed by atoms with Crippen molar-refractivity contribution in [2.45, 2.75) is 25.0 Å². The Labute approximate surface area is 223 Å². The van der Waals surface area contributed by atoms with Crippen LogP contribution in [0.4, 0.5) is 32.2 Å². The van der Waals surface area contributed by atoms with Gasteiger partial charge in [0.25, 0.3) is 0 Å². The Balaban J connectivity index is 0.000000263. The number of nitrogens with zero attached hydrogens (tertiary/aromatic N) is 2. The molecule has 2 aromatic rings. The number of hydrogen-bond acceptors (Lipinski definition) is 8. The number of likely N-dealkylation sites (tertiary alicyclic amines) is 1. The van der Waals surface area contributed by atoms with Crippen LogP contribution in [-0.2, 0) is 20.9 Å². The predicted molar refractivity (Wildman–Crippen MR) is 125 cm³/mol. The highest BCUT2D eigenvalue weighted by molar-refractivity contribution is 5.73. The maximum absolute atomic E-state index is 10.6. The third-order valence-electron chi connectivity index (χ3n) is 6.05. The molecule has 2 fully saturated rings. The van der Waals surface area contributed by atoms with Gasteiger partial charge in [-0.2, -0.15) is 26.3 Å². The van der Waals surface area contributed by atoms with E-state index >= 15 is 0 Å². The average Bonchev–Trinajstić information content (AvgIpc) is 3.59. The fourth-order valence-corrected chi connectivity index (χ4v) is 4.22. The van der Waals surface area contributed by atoms with Crippen LogP contribution in [0.2, 0.25) is 0 Å². The van der Waals surface area contributed by atoms with E-state index in [-0.39, 0.29) is 0 Å². The summed E-state index contributed by atoms with van der Waals surface area (Å²) >= 11 is 0. The van der Waals surface area contributed by atoms with E-state index in [9.17, 15) is 26.3 Å². The summed E-state index contributed by atoms with van der Waals surface area (Å²) in [6.07, 6.45) is -8.00. The largest absolute Gasteiger partial charge is 0.490 e. The van der Waals surface area contributed by atoms with Gasteiger partial charge in [0.1, 0.15) is 5.82 Å². The van der Waals surface area contributed by atoms with E-state index in [4.69, 9.17) is 34.0 Å². The molecule has 3 atom stereocenters. The zero-order valence-electron chi connectivity index (χ0n) is 20.6. The molecule has 3 aliphatic rings. The number of anilines is 1. The number of fused-ring (bicyclic) bond motifs is 2. The van der Waals surface area contributed by atoms with E-state index in [1.165, 1.54) is 5.56 Å². The highest BCUT2D eigenvalue weighted by atomic mass is 19.4. The number of carboxylic acid groups (broad SMARTS) is 2. The molecule has 3 aliphatic heterocycles. The molecule has 1 aromatic heterocycles. The molecule has 0 unspecified atom stereocenters. The summed E-state index contributed by atoms with van der Waals surface area (Å²) in [6.45, 7) is 5.08. The number of alkyl halides is 6. The van der Waals surface area contributed by atoms with Crippen molar-refractivity contribution < 1.29 is 60.4 Å². The molecule has 1 aromatic carbocycles. The van der Waals surface area contributed by atoms with Gasteiger partial charge < -0.3 is 29.7 Å². The van der Waals surface area contributed by atoms with E-state index in [1.54, 1.807) is 0 Å². The van der Waals surface area contributed by atoms with Gasteiger partial charge in [0, 0.05) is 44.2 Å². The maximum Gasteiger partial charge on any atom is 0.490 e. The molecule has 0 aliphatic carbocycles. The fourth-order valence-electron chi connectivity index (χ4n) is 4.22. The molecule has 0 spiro atoms. The minimum absolute atomic E-state index is 0.325. The first-order valence-electron chi connectivity index (χ1n) is 11.7. The summed E-state index contributed by atoms with van der Waals surface area (Å²) in [6, 6.07) is 12.2. The van der Waals surface area contributed by atoms with Gasteiger partial charge in [-0.1, -0.05) is 12.1 Å². The van der Waals surface area contributed by atoms with Gasteiger partial charge in [0.05, 0.1) is 12.7 Å². The molecule has 0 amide bonds. The second-order valence-electron chi connectivity index (χ2n) is 8.88. The second kappa shape index (κ2) is 13.0. The summed E-state index contributed by atoms with van der Waals surface area (Å²) in [7, 11) is 0. The van der Waals surface area contributed by atoms with Crippen LogP contribution in [0.15, 0.2) is 42.6 Å². The first-order valence-corrected chi connectivity index (χ1v) is 11.7. The van der Waals surface area contributed by atoms with Gasteiger partial charge in [-0.15, -0.1) is 0 Å². The number of hydrogen-bond donors (Lipinski definition) is 3. The average molecular weight is 581 g/mol. The van der Waals surface area contributed by atoms with Crippen molar-refractivity contribution in [3.8, 4) is 11.5 Å². The number of rotatable bonds is 5. The summed E-state index contributed by atoms with van der Waals surface area (Å²) in [4.78, 5) is 24.6. The monoisotopic (exact) mass is 581 g/mol. The van der Waals surface area contributed by atoms with Crippen LogP contribution in [0, 0.1) is 11.8 Å². The summed E-state index contributed by atoms with van der Waals surface area (Å²) in [5.74, 6) is -1.76. The van der Waals surface area contributed by atoms with E-state index in [0.717, 1.165) is 50.1 Å².